The minimum absolute atomic E-state index is 0.00923. The van der Waals surface area contributed by atoms with Gasteiger partial charge in [0.2, 0.25) is 0 Å². The summed E-state index contributed by atoms with van der Waals surface area (Å²) < 4.78 is 27.3. The van der Waals surface area contributed by atoms with Crippen LogP contribution in [0.4, 0.5) is 8.78 Å². The fraction of sp³-hybridized carbons (Fsp3) is 0.625. The highest BCUT2D eigenvalue weighted by atomic mass is 19.1. The molecule has 1 aliphatic carbocycles. The minimum atomic E-state index is -0.979. The van der Waals surface area contributed by atoms with E-state index in [2.05, 4.69) is 12.2 Å². The lowest BCUT2D eigenvalue weighted by molar-refractivity contribution is -0.00441. The lowest BCUT2D eigenvalue weighted by Crippen LogP contribution is -2.43. The van der Waals surface area contributed by atoms with Crippen LogP contribution < -0.4 is 5.32 Å². The molecule has 1 aromatic rings. The molecule has 20 heavy (non-hydrogen) atoms. The van der Waals surface area contributed by atoms with Crippen molar-refractivity contribution in [3.05, 3.63) is 35.4 Å². The Morgan fingerprint density at radius 3 is 2.40 bits per heavy atom. The third-order valence-electron chi connectivity index (χ3n) is 4.17. The average Bonchev–Trinajstić information content (AvgIpc) is 2.43. The molecule has 0 aliphatic heterocycles. The van der Waals surface area contributed by atoms with Gasteiger partial charge in [-0.3, -0.25) is 0 Å². The molecular formula is C16H23F2NO. The van der Waals surface area contributed by atoms with E-state index in [4.69, 9.17) is 0 Å². The van der Waals surface area contributed by atoms with E-state index in [0.29, 0.717) is 18.9 Å². The number of benzene rings is 1. The lowest BCUT2D eigenvalue weighted by atomic mass is 9.78. The Morgan fingerprint density at radius 1 is 1.25 bits per heavy atom. The summed E-state index contributed by atoms with van der Waals surface area (Å²) in [7, 11) is 0. The smallest absolute Gasteiger partial charge is 0.129 e. The molecule has 1 fully saturated rings. The van der Waals surface area contributed by atoms with Gasteiger partial charge in [0.15, 0.2) is 0 Å². The molecule has 0 aromatic heterocycles. The number of nitrogens with one attached hydrogen (secondary N) is 1. The summed E-state index contributed by atoms with van der Waals surface area (Å²) in [6, 6.07) is 4.26. The molecule has 2 N–H and O–H groups in total. The highest BCUT2D eigenvalue weighted by molar-refractivity contribution is 5.22. The fourth-order valence-electron chi connectivity index (χ4n) is 2.91. The van der Waals surface area contributed by atoms with Crippen molar-refractivity contribution in [2.45, 2.75) is 57.1 Å². The van der Waals surface area contributed by atoms with E-state index >= 15 is 0 Å². The van der Waals surface area contributed by atoms with Crippen molar-refractivity contribution >= 4 is 0 Å². The van der Waals surface area contributed by atoms with Gasteiger partial charge in [0.25, 0.3) is 0 Å². The highest BCUT2D eigenvalue weighted by Gasteiger charge is 2.34. The molecule has 2 rings (SSSR count). The van der Waals surface area contributed by atoms with Crippen LogP contribution in [0.25, 0.3) is 0 Å². The summed E-state index contributed by atoms with van der Waals surface area (Å²) >= 11 is 0. The second kappa shape index (κ2) is 6.64. The van der Waals surface area contributed by atoms with Crippen LogP contribution in [0.5, 0.6) is 0 Å². The van der Waals surface area contributed by atoms with E-state index in [1.165, 1.54) is 18.2 Å². The average molecular weight is 283 g/mol. The topological polar surface area (TPSA) is 32.3 Å². The first-order chi connectivity index (χ1) is 9.54. The maximum absolute atomic E-state index is 13.7. The second-order valence-electron chi connectivity index (χ2n) is 5.83. The normalized spacial score (nSPS) is 26.7. The van der Waals surface area contributed by atoms with Crippen LogP contribution in [0.1, 0.15) is 44.6 Å². The van der Waals surface area contributed by atoms with Crippen LogP contribution >= 0.6 is 0 Å². The Balaban J connectivity index is 1.96. The predicted octanol–water partition coefficient (Wildman–Crippen LogP) is 3.18. The number of hydrogen-bond acceptors (Lipinski definition) is 2. The molecule has 0 heterocycles. The van der Waals surface area contributed by atoms with Gasteiger partial charge in [0.1, 0.15) is 11.6 Å². The molecule has 112 valence electrons. The molecule has 2 nitrogen and oxygen atoms in total. The molecule has 0 unspecified atom stereocenters. The quantitative estimate of drug-likeness (QED) is 0.870. The van der Waals surface area contributed by atoms with Crippen LogP contribution in [0, 0.1) is 11.6 Å². The Labute approximate surface area is 119 Å². The van der Waals surface area contributed by atoms with Crippen LogP contribution in [0.15, 0.2) is 18.2 Å². The molecule has 0 radical (unpaired) electrons. The zero-order valence-corrected chi connectivity index (χ0v) is 12.0. The largest absolute Gasteiger partial charge is 0.390 e. The molecule has 0 bridgehead atoms. The van der Waals surface area contributed by atoms with Gasteiger partial charge < -0.3 is 10.4 Å². The third-order valence-corrected chi connectivity index (χ3v) is 4.17. The molecule has 0 atom stereocenters. The van der Waals surface area contributed by atoms with Gasteiger partial charge in [-0.15, -0.1) is 0 Å². The third kappa shape index (κ3) is 3.76. The summed E-state index contributed by atoms with van der Waals surface area (Å²) in [6.07, 6.45) is 4.02. The zero-order chi connectivity index (χ0) is 14.6. The van der Waals surface area contributed by atoms with E-state index in [1.54, 1.807) is 0 Å². The Hall–Kier alpha value is -1.00. The van der Waals surface area contributed by atoms with Crippen molar-refractivity contribution in [2.75, 3.05) is 6.54 Å². The van der Waals surface area contributed by atoms with Gasteiger partial charge in [0.05, 0.1) is 5.60 Å². The van der Waals surface area contributed by atoms with E-state index in [9.17, 15) is 13.9 Å². The minimum Gasteiger partial charge on any atom is -0.390 e. The van der Waals surface area contributed by atoms with Crippen LogP contribution in [-0.2, 0) is 6.42 Å². The van der Waals surface area contributed by atoms with Crippen molar-refractivity contribution in [1.82, 2.24) is 5.32 Å². The first-order valence-corrected chi connectivity index (χ1v) is 7.43. The molecular weight excluding hydrogens is 260 g/mol. The van der Waals surface area contributed by atoms with Crippen molar-refractivity contribution < 1.29 is 13.9 Å². The van der Waals surface area contributed by atoms with Gasteiger partial charge in [-0.2, -0.15) is 0 Å². The zero-order valence-electron chi connectivity index (χ0n) is 12.0. The van der Waals surface area contributed by atoms with Gasteiger partial charge >= 0.3 is 0 Å². The Bertz CT molecular complexity index is 422. The maximum Gasteiger partial charge on any atom is 0.129 e. The van der Waals surface area contributed by atoms with Crippen LogP contribution in [-0.4, -0.2) is 23.3 Å². The SMILES string of the molecule is CCCNC1CCC(O)(Cc2c(F)cccc2F)CC1. The highest BCUT2D eigenvalue weighted by Crippen LogP contribution is 2.32. The molecule has 0 amide bonds. The van der Waals surface area contributed by atoms with Crippen molar-refractivity contribution in [2.24, 2.45) is 0 Å². The van der Waals surface area contributed by atoms with Crippen molar-refractivity contribution in [3.63, 3.8) is 0 Å². The number of halogens is 2. The van der Waals surface area contributed by atoms with E-state index in [0.717, 1.165) is 25.8 Å². The van der Waals surface area contributed by atoms with Gasteiger partial charge in [-0.25, -0.2) is 8.78 Å². The van der Waals surface area contributed by atoms with Crippen molar-refractivity contribution in [3.8, 4) is 0 Å². The number of rotatable bonds is 5. The molecule has 1 saturated carbocycles. The monoisotopic (exact) mass is 283 g/mol. The van der Waals surface area contributed by atoms with Gasteiger partial charge in [-0.05, 0) is 50.8 Å². The molecule has 0 saturated heterocycles. The predicted molar refractivity (Wildman–Crippen MR) is 75.6 cm³/mol. The first kappa shape index (κ1) is 15.4. The van der Waals surface area contributed by atoms with Crippen molar-refractivity contribution in [1.29, 1.82) is 0 Å². The lowest BCUT2D eigenvalue weighted by Gasteiger charge is -2.36. The van der Waals surface area contributed by atoms with Crippen LogP contribution in [0.3, 0.4) is 0 Å². The number of hydrogen-bond donors (Lipinski definition) is 2. The second-order valence-corrected chi connectivity index (χ2v) is 5.83. The fourth-order valence-corrected chi connectivity index (χ4v) is 2.91. The standard InChI is InChI=1S/C16H23F2NO/c1-2-10-19-12-6-8-16(20,9-7-12)11-13-14(17)4-3-5-15(13)18/h3-5,12,19-20H,2,6-11H2,1H3. The van der Waals surface area contributed by atoms with E-state index < -0.39 is 17.2 Å². The summed E-state index contributed by atoms with van der Waals surface area (Å²) in [5.41, 5.74) is -0.970. The van der Waals surface area contributed by atoms with Gasteiger partial charge in [0, 0.05) is 18.0 Å². The first-order valence-electron chi connectivity index (χ1n) is 7.43. The summed E-state index contributed by atoms with van der Waals surface area (Å²) in [6.45, 7) is 3.10. The maximum atomic E-state index is 13.7. The van der Waals surface area contributed by atoms with Crippen LogP contribution in [0.2, 0.25) is 0 Å². The number of aliphatic hydroxyl groups is 1. The van der Waals surface area contributed by atoms with Gasteiger partial charge in [-0.1, -0.05) is 13.0 Å². The summed E-state index contributed by atoms with van der Waals surface area (Å²) in [5.74, 6) is -1.13. The van der Waals surface area contributed by atoms with E-state index in [1.807, 2.05) is 0 Å². The summed E-state index contributed by atoms with van der Waals surface area (Å²) in [5, 5.41) is 14.0. The molecule has 1 aliphatic rings. The summed E-state index contributed by atoms with van der Waals surface area (Å²) in [4.78, 5) is 0. The molecule has 4 heteroatoms. The van der Waals surface area contributed by atoms with E-state index in [-0.39, 0.29) is 12.0 Å². The Morgan fingerprint density at radius 2 is 1.85 bits per heavy atom. The molecule has 1 aromatic carbocycles. The Kier molecular flexibility index (Phi) is 5.11. The molecule has 0 spiro atoms.